The second-order valence-electron chi connectivity index (χ2n) is 7.24. The highest BCUT2D eigenvalue weighted by Gasteiger charge is 2.17. The first-order valence-corrected chi connectivity index (χ1v) is 8.82. The fourth-order valence-electron chi connectivity index (χ4n) is 2.38. The predicted molar refractivity (Wildman–Crippen MR) is 105 cm³/mol. The minimum Gasteiger partial charge on any atom is -0.318 e. The van der Waals surface area contributed by atoms with Crippen molar-refractivity contribution in [3.63, 3.8) is 0 Å². The molecule has 0 spiro atoms. The van der Waals surface area contributed by atoms with Gasteiger partial charge in [0.15, 0.2) is 0 Å². The second-order valence-corrected chi connectivity index (χ2v) is 7.24. The highest BCUT2D eigenvalue weighted by Crippen LogP contribution is 2.22. The molecule has 6 nitrogen and oxygen atoms in total. The smallest absolute Gasteiger partial charge is 0.318 e. The van der Waals surface area contributed by atoms with Gasteiger partial charge in [0.1, 0.15) is 0 Å². The number of aryl methyl sites for hydroxylation is 1. The third kappa shape index (κ3) is 5.67. The van der Waals surface area contributed by atoms with E-state index >= 15 is 0 Å². The van der Waals surface area contributed by atoms with Gasteiger partial charge in [0, 0.05) is 11.3 Å². The fraction of sp³-hybridized carbons (Fsp3) is 0.286. The zero-order chi connectivity index (χ0) is 20.0. The molecular formula is C21H25N3O3. The lowest BCUT2D eigenvalue weighted by molar-refractivity contribution is -0.136. The van der Waals surface area contributed by atoms with Crippen LogP contribution in [-0.2, 0) is 21.4 Å². The standard InChI is InChI=1S/C21H25N3O3/c1-5-14-6-12-17(13-7-14)22-19(26)20(27)24-23-18(25)15-8-10-16(11-9-15)21(2,3)4/h6-13H,5H2,1-4H3,(H,22,26)(H,23,25)(H,24,27). The highest BCUT2D eigenvalue weighted by molar-refractivity contribution is 6.39. The monoisotopic (exact) mass is 367 g/mol. The Hall–Kier alpha value is -3.15. The van der Waals surface area contributed by atoms with E-state index in [-0.39, 0.29) is 5.41 Å². The van der Waals surface area contributed by atoms with Gasteiger partial charge < -0.3 is 5.32 Å². The Bertz CT molecular complexity index is 819. The lowest BCUT2D eigenvalue weighted by atomic mass is 9.87. The third-order valence-electron chi connectivity index (χ3n) is 4.13. The average molecular weight is 367 g/mol. The highest BCUT2D eigenvalue weighted by atomic mass is 16.2. The molecule has 0 aliphatic heterocycles. The van der Waals surface area contributed by atoms with Gasteiger partial charge in [0.2, 0.25) is 0 Å². The lowest BCUT2D eigenvalue weighted by Crippen LogP contribution is -2.46. The molecule has 2 aromatic rings. The second kappa shape index (κ2) is 8.49. The van der Waals surface area contributed by atoms with Gasteiger partial charge in [-0.05, 0) is 47.2 Å². The van der Waals surface area contributed by atoms with E-state index in [9.17, 15) is 14.4 Å². The van der Waals surface area contributed by atoms with Crippen molar-refractivity contribution in [1.82, 2.24) is 10.9 Å². The van der Waals surface area contributed by atoms with Gasteiger partial charge in [0.25, 0.3) is 5.91 Å². The Kier molecular flexibility index (Phi) is 6.34. The molecule has 0 aliphatic rings. The number of hydrazine groups is 1. The van der Waals surface area contributed by atoms with E-state index in [0.717, 1.165) is 17.5 Å². The first-order chi connectivity index (χ1) is 12.7. The van der Waals surface area contributed by atoms with Crippen molar-refractivity contribution in [3.05, 3.63) is 65.2 Å². The minimum absolute atomic E-state index is 0.0172. The van der Waals surface area contributed by atoms with Crippen LogP contribution in [0.25, 0.3) is 0 Å². The third-order valence-corrected chi connectivity index (χ3v) is 4.13. The molecule has 0 heterocycles. The minimum atomic E-state index is -0.950. The summed E-state index contributed by atoms with van der Waals surface area (Å²) in [6, 6.07) is 14.3. The molecular weight excluding hydrogens is 342 g/mol. The first-order valence-electron chi connectivity index (χ1n) is 8.82. The molecule has 2 rings (SSSR count). The molecule has 0 radical (unpaired) electrons. The quantitative estimate of drug-likeness (QED) is 0.576. The van der Waals surface area contributed by atoms with Crippen LogP contribution in [0.1, 0.15) is 49.2 Å². The molecule has 0 atom stereocenters. The Morgan fingerprint density at radius 1 is 0.815 bits per heavy atom. The Morgan fingerprint density at radius 2 is 1.41 bits per heavy atom. The molecule has 0 bridgehead atoms. The number of hydrogen-bond donors (Lipinski definition) is 3. The number of anilines is 1. The topological polar surface area (TPSA) is 87.3 Å². The van der Waals surface area contributed by atoms with Gasteiger partial charge >= 0.3 is 11.8 Å². The summed E-state index contributed by atoms with van der Waals surface area (Å²) in [4.78, 5) is 35.9. The number of nitrogens with one attached hydrogen (secondary N) is 3. The molecule has 3 amide bonds. The van der Waals surface area contributed by atoms with Crippen molar-refractivity contribution in [1.29, 1.82) is 0 Å². The van der Waals surface area contributed by atoms with Crippen molar-refractivity contribution in [2.45, 2.75) is 39.5 Å². The molecule has 0 fully saturated rings. The van der Waals surface area contributed by atoms with Crippen LogP contribution in [0.4, 0.5) is 5.69 Å². The van der Waals surface area contributed by atoms with E-state index in [1.807, 2.05) is 31.2 Å². The molecule has 27 heavy (non-hydrogen) atoms. The average Bonchev–Trinajstić information content (AvgIpc) is 2.65. The SMILES string of the molecule is CCc1ccc(NC(=O)C(=O)NNC(=O)c2ccc(C(C)(C)C)cc2)cc1. The van der Waals surface area contributed by atoms with Gasteiger partial charge in [-0.25, -0.2) is 0 Å². The summed E-state index contributed by atoms with van der Waals surface area (Å²) in [5.41, 5.74) is 7.46. The summed E-state index contributed by atoms with van der Waals surface area (Å²) in [5.74, 6) is -2.30. The van der Waals surface area contributed by atoms with E-state index in [1.165, 1.54) is 0 Å². The predicted octanol–water partition coefficient (Wildman–Crippen LogP) is 2.95. The molecule has 3 N–H and O–H groups in total. The van der Waals surface area contributed by atoms with Crippen molar-refractivity contribution >= 4 is 23.4 Å². The van der Waals surface area contributed by atoms with Crippen LogP contribution in [0.2, 0.25) is 0 Å². The van der Waals surface area contributed by atoms with Gasteiger partial charge in [0.05, 0.1) is 0 Å². The Morgan fingerprint density at radius 3 is 1.93 bits per heavy atom. The van der Waals surface area contributed by atoms with Gasteiger partial charge in [-0.1, -0.05) is 52.0 Å². The summed E-state index contributed by atoms with van der Waals surface area (Å²) in [6.45, 7) is 8.27. The van der Waals surface area contributed by atoms with E-state index in [2.05, 4.69) is 36.9 Å². The summed E-state index contributed by atoms with van der Waals surface area (Å²) >= 11 is 0. The van der Waals surface area contributed by atoms with Gasteiger partial charge in [-0.2, -0.15) is 0 Å². The first kappa shape index (κ1) is 20.2. The van der Waals surface area contributed by atoms with Crippen molar-refractivity contribution in [2.24, 2.45) is 0 Å². The van der Waals surface area contributed by atoms with Crippen molar-refractivity contribution in [2.75, 3.05) is 5.32 Å². The zero-order valence-corrected chi connectivity index (χ0v) is 16.1. The molecule has 0 saturated heterocycles. The number of carbonyl (C=O) groups excluding carboxylic acids is 3. The summed E-state index contributed by atoms with van der Waals surface area (Å²) in [6.07, 6.45) is 0.886. The van der Waals surface area contributed by atoms with Crippen LogP contribution in [0.3, 0.4) is 0 Å². The van der Waals surface area contributed by atoms with E-state index in [4.69, 9.17) is 0 Å². The molecule has 2 aromatic carbocycles. The van der Waals surface area contributed by atoms with Crippen molar-refractivity contribution in [3.8, 4) is 0 Å². The summed E-state index contributed by atoms with van der Waals surface area (Å²) in [5, 5.41) is 2.48. The van der Waals surface area contributed by atoms with Crippen LogP contribution in [0.15, 0.2) is 48.5 Å². The van der Waals surface area contributed by atoms with E-state index in [0.29, 0.717) is 11.3 Å². The Balaban J connectivity index is 1.88. The van der Waals surface area contributed by atoms with Crippen molar-refractivity contribution < 1.29 is 14.4 Å². The van der Waals surface area contributed by atoms with E-state index in [1.54, 1.807) is 24.3 Å². The molecule has 0 aliphatic carbocycles. The maximum Gasteiger partial charge on any atom is 0.328 e. The number of amides is 3. The number of hydrogen-bond acceptors (Lipinski definition) is 3. The van der Waals surface area contributed by atoms with E-state index < -0.39 is 17.7 Å². The summed E-state index contributed by atoms with van der Waals surface area (Å²) < 4.78 is 0. The Labute approximate surface area is 159 Å². The molecule has 0 unspecified atom stereocenters. The van der Waals surface area contributed by atoms with Crippen LogP contribution < -0.4 is 16.2 Å². The van der Waals surface area contributed by atoms with Gasteiger partial charge in [-0.3, -0.25) is 25.2 Å². The fourth-order valence-corrected chi connectivity index (χ4v) is 2.38. The maximum absolute atomic E-state index is 12.1. The molecule has 0 aromatic heterocycles. The molecule has 0 saturated carbocycles. The largest absolute Gasteiger partial charge is 0.328 e. The normalized spacial score (nSPS) is 10.8. The number of carbonyl (C=O) groups is 3. The number of rotatable bonds is 3. The molecule has 6 heteroatoms. The van der Waals surface area contributed by atoms with Crippen LogP contribution >= 0.6 is 0 Å². The van der Waals surface area contributed by atoms with Gasteiger partial charge in [-0.15, -0.1) is 0 Å². The van der Waals surface area contributed by atoms with Crippen LogP contribution in [0, 0.1) is 0 Å². The lowest BCUT2D eigenvalue weighted by Gasteiger charge is -2.19. The van der Waals surface area contributed by atoms with Crippen LogP contribution in [-0.4, -0.2) is 17.7 Å². The zero-order valence-electron chi connectivity index (χ0n) is 16.1. The molecule has 142 valence electrons. The maximum atomic E-state index is 12.1. The number of benzene rings is 2. The summed E-state index contributed by atoms with van der Waals surface area (Å²) in [7, 11) is 0. The van der Waals surface area contributed by atoms with Crippen LogP contribution in [0.5, 0.6) is 0 Å².